The molecular weight excluding hydrogens is 378 g/mol. The zero-order valence-corrected chi connectivity index (χ0v) is 17.4. The van der Waals surface area contributed by atoms with Gasteiger partial charge in [-0.3, -0.25) is 9.59 Å². The lowest BCUT2D eigenvalue weighted by Crippen LogP contribution is -2.42. The van der Waals surface area contributed by atoms with Crippen molar-refractivity contribution < 1.29 is 8.42 Å². The highest BCUT2D eigenvalue weighted by Crippen LogP contribution is 2.48. The number of nitrogens with zero attached hydrogens (tertiary/aromatic N) is 3. The number of rotatable bonds is 5. The molecule has 28 heavy (non-hydrogen) atoms. The van der Waals surface area contributed by atoms with Gasteiger partial charge in [0.05, 0.1) is 15.9 Å². The zero-order valence-electron chi connectivity index (χ0n) is 16.6. The van der Waals surface area contributed by atoms with Gasteiger partial charge in [-0.25, -0.2) is 12.7 Å². The molecule has 7 nitrogen and oxygen atoms in total. The first-order valence-corrected chi connectivity index (χ1v) is 11.4. The molecule has 0 spiro atoms. The summed E-state index contributed by atoms with van der Waals surface area (Å²) in [4.78, 5) is 25.7. The van der Waals surface area contributed by atoms with E-state index in [9.17, 15) is 18.0 Å². The summed E-state index contributed by atoms with van der Waals surface area (Å²) in [6.07, 6.45) is 4.75. The topological polar surface area (TPSA) is 81.4 Å². The second kappa shape index (κ2) is 6.84. The number of hydrogen-bond acceptors (Lipinski definition) is 4. The predicted octanol–water partition coefficient (Wildman–Crippen LogP) is 1.87. The number of fused-ring (bicyclic) bond motifs is 3. The van der Waals surface area contributed by atoms with Crippen LogP contribution in [0, 0.1) is 17.8 Å². The summed E-state index contributed by atoms with van der Waals surface area (Å²) >= 11 is 0. The third kappa shape index (κ3) is 2.93. The van der Waals surface area contributed by atoms with Gasteiger partial charge in [0.25, 0.3) is 0 Å². The third-order valence-corrected chi connectivity index (χ3v) is 8.41. The maximum absolute atomic E-state index is 12.9. The second-order valence-corrected chi connectivity index (χ2v) is 10.5. The third-order valence-electron chi connectivity index (χ3n) is 6.60. The number of hydrogen-bond donors (Lipinski definition) is 0. The van der Waals surface area contributed by atoms with Gasteiger partial charge in [-0.2, -0.15) is 0 Å². The lowest BCUT2D eigenvalue weighted by molar-refractivity contribution is 0.295. The van der Waals surface area contributed by atoms with Crippen LogP contribution < -0.4 is 11.1 Å². The van der Waals surface area contributed by atoms with Crippen LogP contribution >= 0.6 is 0 Å². The lowest BCUT2D eigenvalue weighted by atomic mass is 9.88. The minimum absolute atomic E-state index is 0.132. The molecule has 0 saturated heterocycles. The van der Waals surface area contributed by atoms with E-state index in [1.807, 2.05) is 6.92 Å². The second-order valence-electron chi connectivity index (χ2n) is 8.34. The predicted molar refractivity (Wildman–Crippen MR) is 108 cm³/mol. The van der Waals surface area contributed by atoms with E-state index in [1.54, 1.807) is 12.1 Å². The fraction of sp³-hybridized carbons (Fsp3) is 0.600. The van der Waals surface area contributed by atoms with Gasteiger partial charge >= 0.3 is 11.1 Å². The molecule has 0 N–H and O–H groups in total. The van der Waals surface area contributed by atoms with Gasteiger partial charge < -0.3 is 9.13 Å². The molecule has 4 rings (SSSR count). The SMILES string of the molecule is CCn1c(=O)c(=O)n(CC2CC3CCC2C3)c2cc(S(=O)(=O)N(C)C)ccc21. The van der Waals surface area contributed by atoms with Crippen LogP contribution in [0.4, 0.5) is 0 Å². The van der Waals surface area contributed by atoms with Crippen LogP contribution in [0.3, 0.4) is 0 Å². The largest absolute Gasteiger partial charge is 0.316 e. The Bertz CT molecular complexity index is 1150. The molecule has 8 heteroatoms. The molecule has 1 heterocycles. The van der Waals surface area contributed by atoms with Crippen molar-refractivity contribution in [1.82, 2.24) is 13.4 Å². The van der Waals surface area contributed by atoms with Crippen molar-refractivity contribution in [1.29, 1.82) is 0 Å². The highest BCUT2D eigenvalue weighted by molar-refractivity contribution is 7.89. The number of aryl methyl sites for hydroxylation is 1. The Morgan fingerprint density at radius 1 is 1.04 bits per heavy atom. The van der Waals surface area contributed by atoms with Gasteiger partial charge in [0, 0.05) is 27.2 Å². The summed E-state index contributed by atoms with van der Waals surface area (Å²) in [5, 5.41) is 0. The average Bonchev–Trinajstić information content (AvgIpc) is 3.28. The van der Waals surface area contributed by atoms with Crippen molar-refractivity contribution in [2.45, 2.75) is 50.6 Å². The van der Waals surface area contributed by atoms with Crippen molar-refractivity contribution in [3.63, 3.8) is 0 Å². The molecule has 1 aromatic carbocycles. The van der Waals surface area contributed by atoms with E-state index in [4.69, 9.17) is 0 Å². The Labute approximate surface area is 164 Å². The Balaban J connectivity index is 1.92. The number of benzene rings is 1. The van der Waals surface area contributed by atoms with Crippen LogP contribution in [-0.2, 0) is 23.1 Å². The van der Waals surface area contributed by atoms with Gasteiger partial charge in [0.15, 0.2) is 0 Å². The Morgan fingerprint density at radius 2 is 1.75 bits per heavy atom. The maximum Gasteiger partial charge on any atom is 0.316 e. The van der Waals surface area contributed by atoms with Crippen molar-refractivity contribution in [2.75, 3.05) is 14.1 Å². The monoisotopic (exact) mass is 405 g/mol. The highest BCUT2D eigenvalue weighted by atomic mass is 32.2. The lowest BCUT2D eigenvalue weighted by Gasteiger charge is -2.24. The molecule has 0 amide bonds. The average molecular weight is 406 g/mol. The Hall–Kier alpha value is -1.93. The van der Waals surface area contributed by atoms with E-state index >= 15 is 0 Å². The quantitative estimate of drug-likeness (QED) is 0.711. The van der Waals surface area contributed by atoms with Crippen molar-refractivity contribution in [2.24, 2.45) is 17.8 Å². The molecule has 0 aliphatic heterocycles. The molecule has 2 saturated carbocycles. The van der Waals surface area contributed by atoms with Crippen molar-refractivity contribution in [3.8, 4) is 0 Å². The van der Waals surface area contributed by atoms with Crippen LogP contribution in [0.15, 0.2) is 32.7 Å². The van der Waals surface area contributed by atoms with Crippen LogP contribution in [-0.4, -0.2) is 36.0 Å². The molecule has 2 aliphatic carbocycles. The maximum atomic E-state index is 12.9. The molecule has 2 bridgehead atoms. The smallest absolute Gasteiger partial charge is 0.302 e. The molecule has 3 unspecified atom stereocenters. The Morgan fingerprint density at radius 3 is 2.32 bits per heavy atom. The first kappa shape index (κ1) is 19.4. The molecule has 2 fully saturated rings. The standard InChI is InChI=1S/C20H27N3O4S/c1-4-22-17-8-7-16(28(26,27)21(2)3)11-18(17)23(20(25)19(22)24)12-15-10-13-5-6-14(15)9-13/h7-8,11,13-15H,4-6,9-10,12H2,1-3H3. The van der Waals surface area contributed by atoms with Crippen molar-refractivity contribution in [3.05, 3.63) is 38.9 Å². The summed E-state index contributed by atoms with van der Waals surface area (Å²) in [6.45, 7) is 2.66. The molecule has 3 atom stereocenters. The fourth-order valence-electron chi connectivity index (χ4n) is 5.10. The minimum atomic E-state index is -3.63. The van der Waals surface area contributed by atoms with Gasteiger partial charge in [-0.1, -0.05) is 6.42 Å². The molecule has 2 aromatic rings. The normalized spacial score (nSPS) is 24.5. The first-order valence-electron chi connectivity index (χ1n) is 9.94. The van der Waals surface area contributed by atoms with Crippen molar-refractivity contribution >= 4 is 21.1 Å². The summed E-state index contributed by atoms with van der Waals surface area (Å²) in [7, 11) is -0.671. The van der Waals surface area contributed by atoms with E-state index < -0.39 is 21.1 Å². The van der Waals surface area contributed by atoms with Crippen LogP contribution in [0.5, 0.6) is 0 Å². The van der Waals surface area contributed by atoms with Gasteiger partial charge in [-0.05, 0) is 62.1 Å². The fourth-order valence-corrected chi connectivity index (χ4v) is 6.02. The van der Waals surface area contributed by atoms with E-state index in [2.05, 4.69) is 0 Å². The summed E-state index contributed by atoms with van der Waals surface area (Å²) in [5.74, 6) is 1.72. The number of aromatic nitrogens is 2. The molecule has 0 radical (unpaired) electrons. The van der Waals surface area contributed by atoms with Gasteiger partial charge in [0.2, 0.25) is 10.0 Å². The molecule has 2 aliphatic rings. The molecule has 1 aromatic heterocycles. The van der Waals surface area contributed by atoms with Crippen LogP contribution in [0.1, 0.15) is 32.6 Å². The van der Waals surface area contributed by atoms with E-state index in [-0.39, 0.29) is 4.90 Å². The van der Waals surface area contributed by atoms with E-state index in [0.717, 1.165) is 16.6 Å². The van der Waals surface area contributed by atoms with Crippen LogP contribution in [0.2, 0.25) is 0 Å². The van der Waals surface area contributed by atoms with Gasteiger partial charge in [-0.15, -0.1) is 0 Å². The molecule has 152 valence electrons. The summed E-state index contributed by atoms with van der Waals surface area (Å²) in [6, 6.07) is 4.70. The van der Waals surface area contributed by atoms with E-state index in [0.29, 0.717) is 36.0 Å². The first-order chi connectivity index (χ1) is 13.2. The summed E-state index contributed by atoms with van der Waals surface area (Å²) in [5.41, 5.74) is 0.0306. The minimum Gasteiger partial charge on any atom is -0.302 e. The highest BCUT2D eigenvalue weighted by Gasteiger charge is 2.39. The van der Waals surface area contributed by atoms with E-state index in [1.165, 1.54) is 48.6 Å². The summed E-state index contributed by atoms with van der Waals surface area (Å²) < 4.78 is 29.3. The van der Waals surface area contributed by atoms with Gasteiger partial charge in [0.1, 0.15) is 0 Å². The Kier molecular flexibility index (Phi) is 4.74. The number of sulfonamides is 1. The van der Waals surface area contributed by atoms with Crippen LogP contribution in [0.25, 0.3) is 11.0 Å². The zero-order chi connectivity index (χ0) is 20.2. The molecular formula is C20H27N3O4S.